The first kappa shape index (κ1) is 10.6. The quantitative estimate of drug-likeness (QED) is 0.826. The van der Waals surface area contributed by atoms with E-state index in [0.717, 1.165) is 29.5 Å². The number of nitrogens with one attached hydrogen (secondary N) is 2. The monoisotopic (exact) mass is 262 g/mol. The zero-order valence-corrected chi connectivity index (χ0v) is 10.7. The lowest BCUT2D eigenvalue weighted by molar-refractivity contribution is 0.556. The minimum absolute atomic E-state index is 0.644. The van der Waals surface area contributed by atoms with Gasteiger partial charge in [0.1, 0.15) is 0 Å². The fourth-order valence-corrected chi connectivity index (χ4v) is 3.52. The van der Waals surface area contributed by atoms with Gasteiger partial charge in [-0.25, -0.2) is 0 Å². The maximum Gasteiger partial charge on any atom is 0.0686 e. The van der Waals surface area contributed by atoms with Crippen molar-refractivity contribution < 1.29 is 0 Å². The van der Waals surface area contributed by atoms with Gasteiger partial charge in [-0.15, -0.1) is 0 Å². The Hall–Kier alpha value is -1.26. The zero-order chi connectivity index (χ0) is 12.1. The number of hydrogen-bond donors (Lipinski definition) is 2. The fourth-order valence-electron chi connectivity index (χ4n) is 3.31. The van der Waals surface area contributed by atoms with E-state index in [4.69, 9.17) is 11.6 Å². The molecule has 2 aliphatic heterocycles. The van der Waals surface area contributed by atoms with Gasteiger partial charge >= 0.3 is 0 Å². The number of anilines is 1. The van der Waals surface area contributed by atoms with E-state index in [2.05, 4.69) is 26.5 Å². The smallest absolute Gasteiger partial charge is 0.0686 e. The molecule has 0 spiro atoms. The molecule has 2 unspecified atom stereocenters. The number of H-pyrrole nitrogens is 1. The highest BCUT2D eigenvalue weighted by Crippen LogP contribution is 2.35. The van der Waals surface area contributed by atoms with Gasteiger partial charge in [-0.05, 0) is 31.0 Å². The molecule has 2 atom stereocenters. The average Bonchev–Trinajstić information content (AvgIpc) is 3.01. The van der Waals surface area contributed by atoms with Crippen LogP contribution in [0.5, 0.6) is 0 Å². The van der Waals surface area contributed by atoms with Crippen LogP contribution in [0.1, 0.15) is 6.42 Å². The number of aromatic nitrogens is 2. The molecular formula is C13H15ClN4. The first-order valence-electron chi connectivity index (χ1n) is 6.42. The molecule has 0 bridgehead atoms. The third-order valence-electron chi connectivity index (χ3n) is 4.20. The van der Waals surface area contributed by atoms with Gasteiger partial charge < -0.3 is 10.2 Å². The topological polar surface area (TPSA) is 44.0 Å². The number of hydrogen-bond acceptors (Lipinski definition) is 3. The van der Waals surface area contributed by atoms with Gasteiger partial charge in [0.05, 0.1) is 11.7 Å². The summed E-state index contributed by atoms with van der Waals surface area (Å²) in [5.74, 6) is 0.783. The van der Waals surface area contributed by atoms with Crippen molar-refractivity contribution in [3.8, 4) is 0 Å². The van der Waals surface area contributed by atoms with Gasteiger partial charge in [0.15, 0.2) is 0 Å². The Morgan fingerprint density at radius 1 is 1.33 bits per heavy atom. The Labute approximate surface area is 110 Å². The van der Waals surface area contributed by atoms with Crippen LogP contribution < -0.4 is 10.2 Å². The summed E-state index contributed by atoms with van der Waals surface area (Å²) >= 11 is 6.19. The minimum Gasteiger partial charge on any atom is -0.369 e. The van der Waals surface area contributed by atoms with Gasteiger partial charge in [-0.3, -0.25) is 5.10 Å². The van der Waals surface area contributed by atoms with Crippen LogP contribution in [0.15, 0.2) is 18.3 Å². The number of halogens is 1. The van der Waals surface area contributed by atoms with Crippen molar-refractivity contribution in [1.82, 2.24) is 15.5 Å². The van der Waals surface area contributed by atoms with Gasteiger partial charge in [-0.1, -0.05) is 11.6 Å². The molecule has 2 saturated heterocycles. The molecule has 1 aromatic heterocycles. The molecule has 0 amide bonds. The Balaban J connectivity index is 1.76. The summed E-state index contributed by atoms with van der Waals surface area (Å²) in [5.41, 5.74) is 2.23. The second kappa shape index (κ2) is 3.87. The Bertz CT molecular complexity index is 582. The Morgan fingerprint density at radius 3 is 3.17 bits per heavy atom. The molecule has 5 heteroatoms. The lowest BCUT2D eigenvalue weighted by atomic mass is 10.1. The van der Waals surface area contributed by atoms with Crippen molar-refractivity contribution in [2.75, 3.05) is 24.5 Å². The molecular weight excluding hydrogens is 248 g/mol. The molecule has 0 saturated carbocycles. The van der Waals surface area contributed by atoms with Crippen LogP contribution in [0.25, 0.3) is 10.9 Å². The summed E-state index contributed by atoms with van der Waals surface area (Å²) < 4.78 is 0. The van der Waals surface area contributed by atoms with E-state index >= 15 is 0 Å². The third-order valence-corrected chi connectivity index (χ3v) is 4.42. The predicted molar refractivity (Wildman–Crippen MR) is 73.2 cm³/mol. The van der Waals surface area contributed by atoms with Crippen LogP contribution >= 0.6 is 11.6 Å². The average molecular weight is 263 g/mol. The third kappa shape index (κ3) is 1.52. The molecule has 0 aliphatic carbocycles. The first-order valence-corrected chi connectivity index (χ1v) is 6.80. The van der Waals surface area contributed by atoms with Crippen molar-refractivity contribution in [3.63, 3.8) is 0 Å². The number of nitrogens with zero attached hydrogens (tertiary/aromatic N) is 2. The van der Waals surface area contributed by atoms with Crippen LogP contribution in [-0.2, 0) is 0 Å². The SMILES string of the molecule is Clc1cc(N2CC3CCNC3C2)c2cn[nH]c2c1. The number of aromatic amines is 1. The largest absolute Gasteiger partial charge is 0.369 e. The Morgan fingerprint density at radius 2 is 2.28 bits per heavy atom. The van der Waals surface area contributed by atoms with Crippen molar-refractivity contribution in [2.24, 2.45) is 5.92 Å². The molecule has 3 heterocycles. The van der Waals surface area contributed by atoms with Gasteiger partial charge in [0, 0.05) is 35.2 Å². The van der Waals surface area contributed by atoms with Gasteiger partial charge in [0.2, 0.25) is 0 Å². The van der Waals surface area contributed by atoms with E-state index in [1.807, 2.05) is 12.3 Å². The molecule has 2 aliphatic rings. The highest BCUT2D eigenvalue weighted by atomic mass is 35.5. The van der Waals surface area contributed by atoms with Crippen molar-refractivity contribution in [2.45, 2.75) is 12.5 Å². The lowest BCUT2D eigenvalue weighted by Gasteiger charge is -2.20. The standard InChI is InChI=1S/C13H15ClN4/c14-9-3-11-10(5-16-17-11)13(4-9)18-6-8-1-2-15-12(8)7-18/h3-5,8,12,15H,1-2,6-7H2,(H,16,17). The number of benzene rings is 1. The van der Waals surface area contributed by atoms with Crippen molar-refractivity contribution >= 4 is 28.2 Å². The van der Waals surface area contributed by atoms with Gasteiger partial charge in [-0.2, -0.15) is 5.10 Å². The maximum absolute atomic E-state index is 6.19. The summed E-state index contributed by atoms with van der Waals surface area (Å²) in [4.78, 5) is 2.44. The summed E-state index contributed by atoms with van der Waals surface area (Å²) in [7, 11) is 0. The van der Waals surface area contributed by atoms with Crippen LogP contribution in [0.3, 0.4) is 0 Å². The van der Waals surface area contributed by atoms with Crippen LogP contribution in [-0.4, -0.2) is 35.9 Å². The molecule has 0 radical (unpaired) electrons. The molecule has 2 fully saturated rings. The van der Waals surface area contributed by atoms with E-state index in [9.17, 15) is 0 Å². The summed E-state index contributed by atoms with van der Waals surface area (Å²) in [6.07, 6.45) is 3.18. The summed E-state index contributed by atoms with van der Waals surface area (Å²) in [5, 5.41) is 12.6. The minimum atomic E-state index is 0.644. The maximum atomic E-state index is 6.19. The van der Waals surface area contributed by atoms with E-state index < -0.39 is 0 Å². The summed E-state index contributed by atoms with van der Waals surface area (Å²) in [6.45, 7) is 3.36. The lowest BCUT2D eigenvalue weighted by Crippen LogP contribution is -2.30. The van der Waals surface area contributed by atoms with E-state index in [1.54, 1.807) is 0 Å². The predicted octanol–water partition coefficient (Wildman–Crippen LogP) is 2.01. The van der Waals surface area contributed by atoms with E-state index in [1.165, 1.54) is 24.0 Å². The molecule has 94 valence electrons. The molecule has 18 heavy (non-hydrogen) atoms. The fraction of sp³-hybridized carbons (Fsp3) is 0.462. The number of fused-ring (bicyclic) bond motifs is 2. The summed E-state index contributed by atoms with van der Waals surface area (Å²) in [6, 6.07) is 4.63. The second-order valence-electron chi connectivity index (χ2n) is 5.27. The first-order chi connectivity index (χ1) is 8.81. The zero-order valence-electron chi connectivity index (χ0n) is 9.99. The van der Waals surface area contributed by atoms with Crippen molar-refractivity contribution in [1.29, 1.82) is 0 Å². The molecule has 2 aromatic rings. The second-order valence-corrected chi connectivity index (χ2v) is 5.71. The normalized spacial score (nSPS) is 27.1. The number of rotatable bonds is 1. The molecule has 4 nitrogen and oxygen atoms in total. The van der Waals surface area contributed by atoms with Crippen LogP contribution in [0.4, 0.5) is 5.69 Å². The molecule has 2 N–H and O–H groups in total. The highest BCUT2D eigenvalue weighted by molar-refractivity contribution is 6.31. The van der Waals surface area contributed by atoms with E-state index in [-0.39, 0.29) is 0 Å². The van der Waals surface area contributed by atoms with E-state index in [0.29, 0.717) is 6.04 Å². The van der Waals surface area contributed by atoms with Crippen LogP contribution in [0.2, 0.25) is 5.02 Å². The Kier molecular flexibility index (Phi) is 2.29. The van der Waals surface area contributed by atoms with Gasteiger partial charge in [0.25, 0.3) is 0 Å². The highest BCUT2D eigenvalue weighted by Gasteiger charge is 2.36. The van der Waals surface area contributed by atoms with Crippen LogP contribution in [0, 0.1) is 5.92 Å². The van der Waals surface area contributed by atoms with Crippen molar-refractivity contribution in [3.05, 3.63) is 23.4 Å². The molecule has 4 rings (SSSR count). The molecule has 1 aromatic carbocycles.